The second-order valence-electron chi connectivity index (χ2n) is 4.46. The zero-order valence-electron chi connectivity index (χ0n) is 10.3. The molecule has 18 heavy (non-hydrogen) atoms. The Morgan fingerprint density at radius 3 is 2.50 bits per heavy atom. The molecule has 1 amide bonds. The fourth-order valence-electron chi connectivity index (χ4n) is 2.01. The van der Waals surface area contributed by atoms with Gasteiger partial charge >= 0.3 is 0 Å². The Morgan fingerprint density at radius 1 is 1.33 bits per heavy atom. The number of hydrogen-bond donors (Lipinski definition) is 2. The van der Waals surface area contributed by atoms with Crippen LogP contribution in [-0.4, -0.2) is 27.4 Å². The number of amides is 1. The van der Waals surface area contributed by atoms with Crippen LogP contribution in [0.15, 0.2) is 29.2 Å². The van der Waals surface area contributed by atoms with Crippen molar-refractivity contribution in [2.75, 3.05) is 11.5 Å². The second kappa shape index (κ2) is 5.99. The molecule has 98 valence electrons. The highest BCUT2D eigenvalue weighted by atomic mass is 32.2. The van der Waals surface area contributed by atoms with E-state index in [1.54, 1.807) is 11.8 Å². The van der Waals surface area contributed by atoms with Crippen LogP contribution in [0.25, 0.3) is 0 Å². The molecule has 0 aromatic heterocycles. The molecule has 1 aliphatic heterocycles. The largest absolute Gasteiger partial charge is 0.289 e. The SMILES string of the molecule is Cc1ccc(SC2(C(=O)NO)CCSCC2)cc1. The van der Waals surface area contributed by atoms with Gasteiger partial charge in [0.2, 0.25) is 0 Å². The van der Waals surface area contributed by atoms with Crippen LogP contribution in [0.4, 0.5) is 0 Å². The molecule has 0 unspecified atom stereocenters. The van der Waals surface area contributed by atoms with Crippen LogP contribution in [0, 0.1) is 6.92 Å². The molecule has 0 atom stereocenters. The third-order valence-corrected chi connectivity index (χ3v) is 5.63. The van der Waals surface area contributed by atoms with Crippen molar-refractivity contribution < 1.29 is 10.0 Å². The molecule has 1 aliphatic rings. The molecule has 0 bridgehead atoms. The first-order valence-electron chi connectivity index (χ1n) is 5.94. The molecule has 1 saturated heterocycles. The van der Waals surface area contributed by atoms with Gasteiger partial charge in [-0.15, -0.1) is 11.8 Å². The number of aryl methyl sites for hydroxylation is 1. The summed E-state index contributed by atoms with van der Waals surface area (Å²) in [5, 5.41) is 8.95. The molecular formula is C13H17NO2S2. The molecule has 2 N–H and O–H groups in total. The lowest BCUT2D eigenvalue weighted by atomic mass is 10.0. The number of hydrogen-bond acceptors (Lipinski definition) is 4. The van der Waals surface area contributed by atoms with Gasteiger partial charge in [-0.2, -0.15) is 11.8 Å². The topological polar surface area (TPSA) is 49.3 Å². The van der Waals surface area contributed by atoms with E-state index in [-0.39, 0.29) is 5.91 Å². The summed E-state index contributed by atoms with van der Waals surface area (Å²) in [5.41, 5.74) is 3.05. The van der Waals surface area contributed by atoms with Gasteiger partial charge in [-0.25, -0.2) is 5.48 Å². The van der Waals surface area contributed by atoms with Crippen LogP contribution in [0.1, 0.15) is 18.4 Å². The Hall–Kier alpha value is -0.650. The molecule has 0 aliphatic carbocycles. The lowest BCUT2D eigenvalue weighted by Crippen LogP contribution is -2.45. The molecule has 2 rings (SSSR count). The van der Waals surface area contributed by atoms with E-state index in [2.05, 4.69) is 0 Å². The third-order valence-electron chi connectivity index (χ3n) is 3.15. The first kappa shape index (κ1) is 13.8. The summed E-state index contributed by atoms with van der Waals surface area (Å²) < 4.78 is -0.519. The van der Waals surface area contributed by atoms with Crippen LogP contribution in [0.5, 0.6) is 0 Å². The molecule has 1 fully saturated rings. The number of hydroxylamine groups is 1. The molecule has 3 nitrogen and oxygen atoms in total. The predicted molar refractivity (Wildman–Crippen MR) is 76.3 cm³/mol. The molecule has 0 spiro atoms. The fraction of sp³-hybridized carbons (Fsp3) is 0.462. The Balaban J connectivity index is 2.19. The minimum absolute atomic E-state index is 0.270. The van der Waals surface area contributed by atoms with Crippen molar-refractivity contribution in [3.8, 4) is 0 Å². The molecule has 1 heterocycles. The zero-order chi connectivity index (χ0) is 13.0. The monoisotopic (exact) mass is 283 g/mol. The molecule has 0 radical (unpaired) electrons. The lowest BCUT2D eigenvalue weighted by Gasteiger charge is -2.34. The van der Waals surface area contributed by atoms with Gasteiger partial charge < -0.3 is 0 Å². The Labute approximate surface area is 116 Å². The van der Waals surface area contributed by atoms with E-state index in [0.717, 1.165) is 29.2 Å². The Kier molecular flexibility index (Phi) is 4.59. The predicted octanol–water partition coefficient (Wildman–Crippen LogP) is 2.86. The summed E-state index contributed by atoms with van der Waals surface area (Å²) in [4.78, 5) is 13.0. The minimum Gasteiger partial charge on any atom is -0.289 e. The zero-order valence-corrected chi connectivity index (χ0v) is 11.9. The Morgan fingerprint density at radius 2 is 1.94 bits per heavy atom. The highest BCUT2D eigenvalue weighted by Gasteiger charge is 2.40. The van der Waals surface area contributed by atoms with Gasteiger partial charge in [-0.05, 0) is 43.4 Å². The lowest BCUT2D eigenvalue weighted by molar-refractivity contribution is -0.131. The summed E-state index contributed by atoms with van der Waals surface area (Å²) >= 11 is 3.43. The van der Waals surface area contributed by atoms with Crippen LogP contribution in [0.3, 0.4) is 0 Å². The van der Waals surface area contributed by atoms with Crippen molar-refractivity contribution in [3.05, 3.63) is 29.8 Å². The van der Waals surface area contributed by atoms with E-state index in [4.69, 9.17) is 5.21 Å². The van der Waals surface area contributed by atoms with Gasteiger partial charge in [-0.1, -0.05) is 17.7 Å². The maximum Gasteiger partial charge on any atom is 0.259 e. The summed E-state index contributed by atoms with van der Waals surface area (Å²) in [6.45, 7) is 2.04. The van der Waals surface area contributed by atoms with E-state index in [9.17, 15) is 4.79 Å². The van der Waals surface area contributed by atoms with Crippen LogP contribution in [0.2, 0.25) is 0 Å². The average molecular weight is 283 g/mol. The Bertz CT molecular complexity index is 414. The fourth-order valence-corrected chi connectivity index (χ4v) is 4.73. The van der Waals surface area contributed by atoms with Crippen molar-refractivity contribution in [1.82, 2.24) is 5.48 Å². The van der Waals surface area contributed by atoms with Crippen molar-refractivity contribution in [1.29, 1.82) is 0 Å². The highest BCUT2D eigenvalue weighted by molar-refractivity contribution is 8.02. The number of carbonyl (C=O) groups excluding carboxylic acids is 1. The molecule has 1 aromatic rings. The number of thioether (sulfide) groups is 2. The van der Waals surface area contributed by atoms with E-state index in [1.807, 2.05) is 48.4 Å². The van der Waals surface area contributed by atoms with Gasteiger partial charge in [0.25, 0.3) is 5.91 Å². The number of benzene rings is 1. The molecule has 0 saturated carbocycles. The van der Waals surface area contributed by atoms with E-state index >= 15 is 0 Å². The smallest absolute Gasteiger partial charge is 0.259 e. The van der Waals surface area contributed by atoms with Crippen molar-refractivity contribution in [2.24, 2.45) is 0 Å². The van der Waals surface area contributed by atoms with E-state index in [0.29, 0.717) is 0 Å². The van der Waals surface area contributed by atoms with Gasteiger partial charge in [0.15, 0.2) is 0 Å². The van der Waals surface area contributed by atoms with E-state index < -0.39 is 4.75 Å². The first-order chi connectivity index (χ1) is 8.66. The van der Waals surface area contributed by atoms with Crippen molar-refractivity contribution in [3.63, 3.8) is 0 Å². The minimum atomic E-state index is -0.519. The van der Waals surface area contributed by atoms with Gasteiger partial charge in [0, 0.05) is 4.90 Å². The standard InChI is InChI=1S/C13H17NO2S2/c1-10-2-4-11(5-3-10)18-13(12(15)14-16)6-8-17-9-7-13/h2-5,16H,6-9H2,1H3,(H,14,15). The average Bonchev–Trinajstić information content (AvgIpc) is 2.41. The maximum atomic E-state index is 12.0. The molecule has 5 heteroatoms. The van der Waals surface area contributed by atoms with Crippen molar-refractivity contribution >= 4 is 29.4 Å². The second-order valence-corrected chi connectivity index (χ2v) is 7.14. The van der Waals surface area contributed by atoms with Crippen molar-refractivity contribution in [2.45, 2.75) is 29.4 Å². The van der Waals surface area contributed by atoms with Crippen LogP contribution in [-0.2, 0) is 4.79 Å². The maximum absolute atomic E-state index is 12.0. The number of nitrogens with one attached hydrogen (secondary N) is 1. The van der Waals surface area contributed by atoms with Crippen LogP contribution >= 0.6 is 23.5 Å². The van der Waals surface area contributed by atoms with Gasteiger partial charge in [-0.3, -0.25) is 10.0 Å². The van der Waals surface area contributed by atoms with Gasteiger partial charge in [0.05, 0.1) is 0 Å². The summed E-state index contributed by atoms with van der Waals surface area (Å²) in [5.74, 6) is 1.66. The number of rotatable bonds is 3. The summed E-state index contributed by atoms with van der Waals surface area (Å²) in [6.07, 6.45) is 1.59. The highest BCUT2D eigenvalue weighted by Crippen LogP contribution is 2.43. The van der Waals surface area contributed by atoms with Gasteiger partial charge in [0.1, 0.15) is 4.75 Å². The number of carbonyl (C=O) groups is 1. The first-order valence-corrected chi connectivity index (χ1v) is 7.91. The van der Waals surface area contributed by atoms with Crippen LogP contribution < -0.4 is 5.48 Å². The quantitative estimate of drug-likeness (QED) is 0.661. The third kappa shape index (κ3) is 3.02. The van der Waals surface area contributed by atoms with E-state index in [1.165, 1.54) is 5.56 Å². The normalized spacial score (nSPS) is 18.3. The summed E-state index contributed by atoms with van der Waals surface area (Å²) in [6, 6.07) is 8.16. The molecule has 1 aromatic carbocycles. The summed E-state index contributed by atoms with van der Waals surface area (Å²) in [7, 11) is 0. The molecular weight excluding hydrogens is 266 g/mol.